The standard InChI is InChI=1S/C24H34N4O/c1-3-29-23-12-8-7-11-21(23)13-16-26-24(25-2)27-22-14-17-28(18-15-22)19-20-9-5-4-6-10-20/h4-12,22H,3,13-19H2,1-2H3,(H2,25,26,27). The van der Waals surface area contributed by atoms with Gasteiger partial charge in [-0.3, -0.25) is 9.89 Å². The molecule has 5 nitrogen and oxygen atoms in total. The first-order valence-electron chi connectivity index (χ1n) is 10.7. The van der Waals surface area contributed by atoms with E-state index in [-0.39, 0.29) is 0 Å². The van der Waals surface area contributed by atoms with E-state index in [1.165, 1.54) is 11.1 Å². The van der Waals surface area contributed by atoms with Crippen LogP contribution in [0.4, 0.5) is 0 Å². The molecule has 0 atom stereocenters. The van der Waals surface area contributed by atoms with E-state index in [0.717, 1.165) is 57.2 Å². The molecule has 0 spiro atoms. The van der Waals surface area contributed by atoms with Gasteiger partial charge in [-0.05, 0) is 43.4 Å². The van der Waals surface area contributed by atoms with Crippen molar-refractivity contribution in [2.24, 2.45) is 4.99 Å². The molecule has 29 heavy (non-hydrogen) atoms. The first-order valence-corrected chi connectivity index (χ1v) is 10.7. The number of nitrogens with one attached hydrogen (secondary N) is 2. The van der Waals surface area contributed by atoms with Crippen LogP contribution in [-0.4, -0.2) is 50.2 Å². The minimum Gasteiger partial charge on any atom is -0.494 e. The molecule has 1 aliphatic rings. The number of aliphatic imine (C=N–C) groups is 1. The molecular weight excluding hydrogens is 360 g/mol. The van der Waals surface area contributed by atoms with Crippen molar-refractivity contribution < 1.29 is 4.74 Å². The van der Waals surface area contributed by atoms with Crippen LogP contribution in [0, 0.1) is 0 Å². The van der Waals surface area contributed by atoms with Crippen molar-refractivity contribution >= 4 is 5.96 Å². The Labute approximate surface area is 175 Å². The second-order valence-corrected chi connectivity index (χ2v) is 7.47. The third-order valence-electron chi connectivity index (χ3n) is 5.36. The fourth-order valence-electron chi connectivity index (χ4n) is 3.79. The van der Waals surface area contributed by atoms with Crippen LogP contribution in [0.2, 0.25) is 0 Å². The minimum atomic E-state index is 0.476. The summed E-state index contributed by atoms with van der Waals surface area (Å²) in [6.07, 6.45) is 3.19. The molecule has 1 heterocycles. The molecule has 2 N–H and O–H groups in total. The van der Waals surface area contributed by atoms with Crippen molar-refractivity contribution in [3.05, 3.63) is 65.7 Å². The molecule has 0 saturated carbocycles. The van der Waals surface area contributed by atoms with Crippen LogP contribution in [0.3, 0.4) is 0 Å². The first-order chi connectivity index (χ1) is 14.3. The van der Waals surface area contributed by atoms with Crippen molar-refractivity contribution in [1.82, 2.24) is 15.5 Å². The number of likely N-dealkylation sites (tertiary alicyclic amines) is 1. The molecular formula is C24H34N4O. The molecule has 1 aliphatic heterocycles. The Morgan fingerprint density at radius 3 is 2.52 bits per heavy atom. The fourth-order valence-corrected chi connectivity index (χ4v) is 3.79. The fraction of sp³-hybridized carbons (Fsp3) is 0.458. The highest BCUT2D eigenvalue weighted by Gasteiger charge is 2.20. The Kier molecular flexibility index (Phi) is 8.38. The van der Waals surface area contributed by atoms with Crippen molar-refractivity contribution in [2.75, 3.05) is 33.3 Å². The van der Waals surface area contributed by atoms with Gasteiger partial charge >= 0.3 is 0 Å². The average molecular weight is 395 g/mol. The van der Waals surface area contributed by atoms with Crippen LogP contribution in [0.1, 0.15) is 30.9 Å². The third-order valence-corrected chi connectivity index (χ3v) is 5.36. The van der Waals surface area contributed by atoms with E-state index in [2.05, 4.69) is 63.0 Å². The highest BCUT2D eigenvalue weighted by atomic mass is 16.5. The lowest BCUT2D eigenvalue weighted by molar-refractivity contribution is 0.198. The zero-order valence-corrected chi connectivity index (χ0v) is 17.7. The van der Waals surface area contributed by atoms with Gasteiger partial charge in [0, 0.05) is 39.3 Å². The number of hydrogen-bond donors (Lipinski definition) is 2. The molecule has 0 aromatic heterocycles. The van der Waals surface area contributed by atoms with E-state index in [1.807, 2.05) is 26.1 Å². The van der Waals surface area contributed by atoms with Gasteiger partial charge in [0.15, 0.2) is 5.96 Å². The summed E-state index contributed by atoms with van der Waals surface area (Å²) in [6.45, 7) is 6.82. The number of hydrogen-bond acceptors (Lipinski definition) is 3. The summed E-state index contributed by atoms with van der Waals surface area (Å²) < 4.78 is 5.72. The first kappa shape index (κ1) is 21.2. The summed E-state index contributed by atoms with van der Waals surface area (Å²) in [5.41, 5.74) is 2.62. The van der Waals surface area contributed by atoms with Crippen LogP contribution in [-0.2, 0) is 13.0 Å². The summed E-state index contributed by atoms with van der Waals surface area (Å²) in [5.74, 6) is 1.87. The zero-order valence-electron chi connectivity index (χ0n) is 17.7. The number of piperidine rings is 1. The topological polar surface area (TPSA) is 48.9 Å². The molecule has 3 rings (SSSR count). The monoisotopic (exact) mass is 394 g/mol. The summed E-state index contributed by atoms with van der Waals surface area (Å²) in [4.78, 5) is 6.94. The van der Waals surface area contributed by atoms with Crippen molar-refractivity contribution in [1.29, 1.82) is 0 Å². The van der Waals surface area contributed by atoms with E-state index in [0.29, 0.717) is 12.6 Å². The molecule has 156 valence electrons. The summed E-state index contributed by atoms with van der Waals surface area (Å²) in [6, 6.07) is 19.5. The normalized spacial score (nSPS) is 15.9. The van der Waals surface area contributed by atoms with Crippen LogP contribution in [0.15, 0.2) is 59.6 Å². The largest absolute Gasteiger partial charge is 0.494 e. The number of benzene rings is 2. The van der Waals surface area contributed by atoms with Gasteiger partial charge in [-0.25, -0.2) is 0 Å². The number of guanidine groups is 1. The SMILES string of the molecule is CCOc1ccccc1CCNC(=NC)NC1CCN(Cc2ccccc2)CC1. The quantitative estimate of drug-likeness (QED) is 0.532. The molecule has 0 unspecified atom stereocenters. The smallest absolute Gasteiger partial charge is 0.191 e. The van der Waals surface area contributed by atoms with Crippen molar-refractivity contribution in [3.8, 4) is 5.75 Å². The second kappa shape index (κ2) is 11.5. The highest BCUT2D eigenvalue weighted by Crippen LogP contribution is 2.18. The number of rotatable bonds is 8. The van der Waals surface area contributed by atoms with Gasteiger partial charge in [0.1, 0.15) is 5.75 Å². The molecule has 1 fully saturated rings. The number of ether oxygens (including phenoxy) is 1. The van der Waals surface area contributed by atoms with E-state index >= 15 is 0 Å². The zero-order chi connectivity index (χ0) is 20.3. The van der Waals surface area contributed by atoms with Gasteiger partial charge in [0.25, 0.3) is 0 Å². The van der Waals surface area contributed by atoms with Crippen LogP contribution < -0.4 is 15.4 Å². The maximum atomic E-state index is 5.72. The van der Waals surface area contributed by atoms with Gasteiger partial charge in [-0.15, -0.1) is 0 Å². The molecule has 5 heteroatoms. The Balaban J connectivity index is 1.40. The molecule has 2 aromatic rings. The maximum absolute atomic E-state index is 5.72. The Bertz CT molecular complexity index is 754. The molecule has 2 aromatic carbocycles. The lowest BCUT2D eigenvalue weighted by Gasteiger charge is -2.33. The highest BCUT2D eigenvalue weighted by molar-refractivity contribution is 5.80. The molecule has 0 radical (unpaired) electrons. The van der Waals surface area contributed by atoms with E-state index in [4.69, 9.17) is 4.74 Å². The number of nitrogens with zero attached hydrogens (tertiary/aromatic N) is 2. The molecule has 1 saturated heterocycles. The average Bonchev–Trinajstić information content (AvgIpc) is 2.76. The van der Waals surface area contributed by atoms with E-state index < -0.39 is 0 Å². The predicted molar refractivity (Wildman–Crippen MR) is 121 cm³/mol. The van der Waals surface area contributed by atoms with Gasteiger partial charge in [0.05, 0.1) is 6.61 Å². The Morgan fingerprint density at radius 1 is 1.07 bits per heavy atom. The van der Waals surface area contributed by atoms with Gasteiger partial charge in [-0.2, -0.15) is 0 Å². The van der Waals surface area contributed by atoms with Crippen LogP contribution >= 0.6 is 0 Å². The Morgan fingerprint density at radius 2 is 1.79 bits per heavy atom. The Hall–Kier alpha value is -2.53. The van der Waals surface area contributed by atoms with E-state index in [9.17, 15) is 0 Å². The predicted octanol–water partition coefficient (Wildman–Crippen LogP) is 3.46. The van der Waals surface area contributed by atoms with Crippen LogP contribution in [0.5, 0.6) is 5.75 Å². The molecule has 0 bridgehead atoms. The minimum absolute atomic E-state index is 0.476. The van der Waals surface area contributed by atoms with Gasteiger partial charge in [-0.1, -0.05) is 48.5 Å². The lowest BCUT2D eigenvalue weighted by atomic mass is 10.0. The number of para-hydroxylation sites is 1. The second-order valence-electron chi connectivity index (χ2n) is 7.47. The summed E-state index contributed by atoms with van der Waals surface area (Å²) >= 11 is 0. The summed E-state index contributed by atoms with van der Waals surface area (Å²) in [7, 11) is 1.84. The van der Waals surface area contributed by atoms with Gasteiger partial charge in [0.2, 0.25) is 0 Å². The molecule has 0 amide bonds. The summed E-state index contributed by atoms with van der Waals surface area (Å²) in [5, 5.41) is 7.05. The van der Waals surface area contributed by atoms with Crippen LogP contribution in [0.25, 0.3) is 0 Å². The van der Waals surface area contributed by atoms with Crippen molar-refractivity contribution in [2.45, 2.75) is 38.8 Å². The van der Waals surface area contributed by atoms with E-state index in [1.54, 1.807) is 0 Å². The van der Waals surface area contributed by atoms with Gasteiger partial charge < -0.3 is 15.4 Å². The third kappa shape index (κ3) is 6.79. The van der Waals surface area contributed by atoms with Crippen molar-refractivity contribution in [3.63, 3.8) is 0 Å². The lowest BCUT2D eigenvalue weighted by Crippen LogP contribution is -2.48. The molecule has 0 aliphatic carbocycles. The maximum Gasteiger partial charge on any atom is 0.191 e.